The third kappa shape index (κ3) is 2.79. The van der Waals surface area contributed by atoms with E-state index in [0.29, 0.717) is 0 Å². The Hall–Kier alpha value is -3.09. The summed E-state index contributed by atoms with van der Waals surface area (Å²) in [7, 11) is 0. The van der Waals surface area contributed by atoms with Gasteiger partial charge in [0.2, 0.25) is 0 Å². The van der Waals surface area contributed by atoms with E-state index in [1.807, 2.05) is 18.2 Å². The number of rotatable bonds is 2. The van der Waals surface area contributed by atoms with Gasteiger partial charge in [-0.25, -0.2) is 0 Å². The maximum Gasteiger partial charge on any atom is 0.0484 e. The molecule has 0 spiro atoms. The van der Waals surface area contributed by atoms with E-state index in [9.17, 15) is 0 Å². The Kier molecular flexibility index (Phi) is 3.92. The van der Waals surface area contributed by atoms with Crippen molar-refractivity contribution in [2.45, 2.75) is 0 Å². The van der Waals surface area contributed by atoms with Gasteiger partial charge < -0.3 is 0 Å². The van der Waals surface area contributed by atoms with E-state index in [0.717, 1.165) is 16.1 Å². The smallest absolute Gasteiger partial charge is 0.0484 e. The largest absolute Gasteiger partial charge is 0.0837 e. The molecule has 0 aliphatic heterocycles. The molecule has 0 aliphatic rings. The third-order valence-corrected chi connectivity index (χ3v) is 5.48. The first-order valence-electron chi connectivity index (χ1n) is 9.07. The van der Waals surface area contributed by atoms with Gasteiger partial charge in [-0.15, -0.1) is 0 Å². The molecule has 0 aliphatic carbocycles. The summed E-state index contributed by atoms with van der Waals surface area (Å²) in [6.45, 7) is 0. The molecule has 0 atom stereocenters. The second-order valence-corrected chi connectivity index (χ2v) is 7.16. The van der Waals surface area contributed by atoms with Crippen molar-refractivity contribution in [1.82, 2.24) is 0 Å². The first-order chi connectivity index (χ1) is 13.3. The standard InChI is InChI=1S/C26H17Cl/c27-26-12-6-5-11-25(26)24-10-4-3-9-22(24)20-15-16-23-19(17-20)14-13-18-7-1-2-8-21(18)23/h1-17H. The second kappa shape index (κ2) is 6.57. The molecular weight excluding hydrogens is 348 g/mol. The molecule has 0 unspecified atom stereocenters. The highest BCUT2D eigenvalue weighted by molar-refractivity contribution is 6.33. The lowest BCUT2D eigenvalue weighted by Crippen LogP contribution is -1.87. The number of hydrogen-bond acceptors (Lipinski definition) is 0. The monoisotopic (exact) mass is 364 g/mol. The van der Waals surface area contributed by atoms with Crippen molar-refractivity contribution in [1.29, 1.82) is 0 Å². The highest BCUT2D eigenvalue weighted by atomic mass is 35.5. The maximum atomic E-state index is 6.48. The summed E-state index contributed by atoms with van der Waals surface area (Å²) < 4.78 is 0. The van der Waals surface area contributed by atoms with Crippen LogP contribution in [0.1, 0.15) is 0 Å². The summed E-state index contributed by atoms with van der Waals surface area (Å²) in [5.41, 5.74) is 4.62. The lowest BCUT2D eigenvalue weighted by atomic mass is 9.92. The van der Waals surface area contributed by atoms with Gasteiger partial charge in [0.1, 0.15) is 0 Å². The maximum absolute atomic E-state index is 6.48. The van der Waals surface area contributed by atoms with E-state index >= 15 is 0 Å². The molecule has 0 N–H and O–H groups in total. The molecule has 0 saturated carbocycles. The van der Waals surface area contributed by atoms with Crippen molar-refractivity contribution >= 4 is 33.1 Å². The summed E-state index contributed by atoms with van der Waals surface area (Å²) >= 11 is 6.48. The van der Waals surface area contributed by atoms with Crippen molar-refractivity contribution < 1.29 is 0 Å². The summed E-state index contributed by atoms with van der Waals surface area (Å²) in [5, 5.41) is 5.87. The molecule has 0 radical (unpaired) electrons. The van der Waals surface area contributed by atoms with Crippen LogP contribution in [0.3, 0.4) is 0 Å². The molecule has 5 aromatic rings. The molecule has 0 saturated heterocycles. The fourth-order valence-electron chi connectivity index (χ4n) is 3.83. The Balaban J connectivity index is 1.73. The van der Waals surface area contributed by atoms with Gasteiger partial charge in [0.05, 0.1) is 0 Å². The van der Waals surface area contributed by atoms with Gasteiger partial charge in [-0.05, 0) is 50.4 Å². The average molecular weight is 365 g/mol. The predicted octanol–water partition coefficient (Wildman–Crippen LogP) is 7.98. The van der Waals surface area contributed by atoms with Crippen LogP contribution < -0.4 is 0 Å². The number of benzene rings is 5. The van der Waals surface area contributed by atoms with Gasteiger partial charge in [0.25, 0.3) is 0 Å². The molecule has 0 fully saturated rings. The topological polar surface area (TPSA) is 0 Å². The lowest BCUT2D eigenvalue weighted by Gasteiger charge is -2.13. The van der Waals surface area contributed by atoms with E-state index in [4.69, 9.17) is 11.6 Å². The fraction of sp³-hybridized carbons (Fsp3) is 0. The minimum Gasteiger partial charge on any atom is -0.0837 e. The predicted molar refractivity (Wildman–Crippen MR) is 117 cm³/mol. The molecule has 0 nitrogen and oxygen atoms in total. The molecule has 0 amide bonds. The Labute approximate surface area is 163 Å². The molecule has 0 bridgehead atoms. The Morgan fingerprint density at radius 1 is 0.444 bits per heavy atom. The average Bonchev–Trinajstić information content (AvgIpc) is 2.73. The Morgan fingerprint density at radius 3 is 1.93 bits per heavy atom. The Bertz CT molecular complexity index is 1280. The van der Waals surface area contributed by atoms with Crippen LogP contribution >= 0.6 is 11.6 Å². The third-order valence-electron chi connectivity index (χ3n) is 5.15. The van der Waals surface area contributed by atoms with Crippen molar-refractivity contribution in [2.75, 3.05) is 0 Å². The molecule has 27 heavy (non-hydrogen) atoms. The second-order valence-electron chi connectivity index (χ2n) is 6.75. The van der Waals surface area contributed by atoms with Crippen LogP contribution in [-0.2, 0) is 0 Å². The van der Waals surface area contributed by atoms with E-state index < -0.39 is 0 Å². The van der Waals surface area contributed by atoms with Gasteiger partial charge in [-0.2, -0.15) is 0 Å². The van der Waals surface area contributed by atoms with E-state index in [2.05, 4.69) is 84.9 Å². The first-order valence-corrected chi connectivity index (χ1v) is 9.45. The quantitative estimate of drug-likeness (QED) is 0.278. The van der Waals surface area contributed by atoms with Crippen LogP contribution in [0.4, 0.5) is 0 Å². The number of fused-ring (bicyclic) bond motifs is 3. The molecule has 0 heterocycles. The van der Waals surface area contributed by atoms with E-state index in [1.165, 1.54) is 32.7 Å². The molecule has 5 aromatic carbocycles. The normalized spacial score (nSPS) is 11.1. The van der Waals surface area contributed by atoms with Gasteiger partial charge in [-0.1, -0.05) is 103 Å². The van der Waals surface area contributed by atoms with E-state index in [1.54, 1.807) is 0 Å². The first kappa shape index (κ1) is 16.1. The number of halogens is 1. The van der Waals surface area contributed by atoms with Gasteiger partial charge >= 0.3 is 0 Å². The highest BCUT2D eigenvalue weighted by Gasteiger charge is 2.10. The van der Waals surface area contributed by atoms with Crippen LogP contribution in [0, 0.1) is 0 Å². The van der Waals surface area contributed by atoms with E-state index in [-0.39, 0.29) is 0 Å². The molecule has 0 aromatic heterocycles. The van der Waals surface area contributed by atoms with Crippen molar-refractivity contribution in [3.63, 3.8) is 0 Å². The van der Waals surface area contributed by atoms with Crippen LogP contribution in [0.25, 0.3) is 43.8 Å². The summed E-state index contributed by atoms with van der Waals surface area (Å²) in [4.78, 5) is 0. The summed E-state index contributed by atoms with van der Waals surface area (Å²) in [5.74, 6) is 0. The van der Waals surface area contributed by atoms with Crippen molar-refractivity contribution in [2.24, 2.45) is 0 Å². The Morgan fingerprint density at radius 2 is 1.07 bits per heavy atom. The van der Waals surface area contributed by atoms with Crippen LogP contribution in [0.15, 0.2) is 103 Å². The molecule has 128 valence electrons. The lowest BCUT2D eigenvalue weighted by molar-refractivity contribution is 1.59. The van der Waals surface area contributed by atoms with Crippen molar-refractivity contribution in [3.05, 3.63) is 108 Å². The summed E-state index contributed by atoms with van der Waals surface area (Å²) in [6, 6.07) is 36.1. The van der Waals surface area contributed by atoms with Gasteiger partial charge in [0, 0.05) is 10.6 Å². The van der Waals surface area contributed by atoms with Crippen molar-refractivity contribution in [3.8, 4) is 22.3 Å². The minimum atomic E-state index is 0.775. The van der Waals surface area contributed by atoms with Crippen LogP contribution in [0.2, 0.25) is 5.02 Å². The molecule has 5 rings (SSSR count). The van der Waals surface area contributed by atoms with Gasteiger partial charge in [0.15, 0.2) is 0 Å². The zero-order valence-corrected chi connectivity index (χ0v) is 15.4. The molecular formula is C26H17Cl. The zero-order valence-electron chi connectivity index (χ0n) is 14.7. The summed E-state index contributed by atoms with van der Waals surface area (Å²) in [6.07, 6.45) is 0. The zero-order chi connectivity index (χ0) is 18.2. The highest BCUT2D eigenvalue weighted by Crippen LogP contribution is 2.37. The molecule has 1 heteroatoms. The SMILES string of the molecule is Clc1ccccc1-c1ccccc1-c1ccc2c(ccc3ccccc32)c1. The number of hydrogen-bond donors (Lipinski definition) is 0. The van der Waals surface area contributed by atoms with Gasteiger partial charge in [-0.3, -0.25) is 0 Å². The van der Waals surface area contributed by atoms with Crippen LogP contribution in [-0.4, -0.2) is 0 Å². The fourth-order valence-corrected chi connectivity index (χ4v) is 4.07. The minimum absolute atomic E-state index is 0.775. The van der Waals surface area contributed by atoms with Crippen LogP contribution in [0.5, 0.6) is 0 Å².